The number of hydrogen-bond donors (Lipinski definition) is 1. The van der Waals surface area contributed by atoms with Crippen LogP contribution in [0.2, 0.25) is 5.02 Å². The highest BCUT2D eigenvalue weighted by molar-refractivity contribution is 6.35. The van der Waals surface area contributed by atoms with Crippen LogP contribution in [-0.4, -0.2) is 16.1 Å². The average Bonchev–Trinajstić information content (AvgIpc) is 3.44. The largest absolute Gasteiger partial charge is 0.398 e. The Morgan fingerprint density at radius 1 is 1.11 bits per heavy atom. The molecular weight excluding hydrogens is 377 g/mol. The Morgan fingerprint density at radius 3 is 2.44 bits per heavy atom. The van der Waals surface area contributed by atoms with Crippen LogP contribution in [0.15, 0.2) is 42.6 Å². The molecule has 0 spiro atoms. The van der Waals surface area contributed by atoms with Gasteiger partial charge >= 0.3 is 6.18 Å². The highest BCUT2D eigenvalue weighted by Gasteiger charge is 2.64. The van der Waals surface area contributed by atoms with Gasteiger partial charge < -0.3 is 5.32 Å². The minimum atomic E-state index is -4.26. The number of benzene rings is 1. The molecule has 1 aromatic carbocycles. The van der Waals surface area contributed by atoms with Gasteiger partial charge in [-0.05, 0) is 48.7 Å². The van der Waals surface area contributed by atoms with Gasteiger partial charge in [0.15, 0.2) is 0 Å². The number of nitrogens with one attached hydrogen (secondary N) is 1. The van der Waals surface area contributed by atoms with Crippen LogP contribution in [0, 0.1) is 11.3 Å². The zero-order chi connectivity index (χ0) is 19.2. The predicted molar refractivity (Wildman–Crippen MR) is 96.0 cm³/mol. The molecule has 2 aromatic heterocycles. The molecule has 27 heavy (non-hydrogen) atoms. The van der Waals surface area contributed by atoms with Crippen LogP contribution >= 0.6 is 11.6 Å². The molecule has 0 amide bonds. The Labute approximate surface area is 157 Å². The van der Waals surface area contributed by atoms with Crippen molar-refractivity contribution in [3.63, 3.8) is 0 Å². The van der Waals surface area contributed by atoms with Gasteiger partial charge in [-0.25, -0.2) is 9.97 Å². The first-order chi connectivity index (χ1) is 12.8. The maximum Gasteiger partial charge on any atom is 0.398 e. The summed E-state index contributed by atoms with van der Waals surface area (Å²) in [6.07, 6.45) is -2.81. The average molecular weight is 389 g/mol. The number of fused-ring (bicyclic) bond motifs is 1. The molecule has 1 N–H and O–H groups in total. The van der Waals surface area contributed by atoms with Gasteiger partial charge in [-0.1, -0.05) is 17.7 Å². The number of aromatic nitrogens is 2. The van der Waals surface area contributed by atoms with Crippen molar-refractivity contribution in [1.29, 1.82) is 5.26 Å². The van der Waals surface area contributed by atoms with Crippen LogP contribution < -0.4 is 5.32 Å². The Kier molecular flexibility index (Phi) is 3.97. The van der Waals surface area contributed by atoms with E-state index in [1.54, 1.807) is 18.2 Å². The van der Waals surface area contributed by atoms with Gasteiger partial charge in [-0.2, -0.15) is 18.4 Å². The van der Waals surface area contributed by atoms with E-state index in [2.05, 4.69) is 15.3 Å². The minimum absolute atomic E-state index is 0.0976. The molecule has 3 aromatic rings. The molecule has 0 bridgehead atoms. The number of alkyl halides is 3. The summed E-state index contributed by atoms with van der Waals surface area (Å²) < 4.78 is 39.5. The van der Waals surface area contributed by atoms with E-state index in [0.717, 1.165) is 0 Å². The normalized spacial score (nSPS) is 15.4. The van der Waals surface area contributed by atoms with Crippen LogP contribution in [0.1, 0.15) is 24.0 Å². The van der Waals surface area contributed by atoms with Crippen molar-refractivity contribution in [1.82, 2.24) is 9.97 Å². The maximum atomic E-state index is 13.2. The summed E-state index contributed by atoms with van der Waals surface area (Å²) in [6.45, 7) is 0. The first kappa shape index (κ1) is 17.6. The van der Waals surface area contributed by atoms with E-state index >= 15 is 0 Å². The summed E-state index contributed by atoms with van der Waals surface area (Å²) in [5.41, 5.74) is -0.609. The molecule has 0 saturated heterocycles. The number of halogens is 4. The van der Waals surface area contributed by atoms with Crippen molar-refractivity contribution in [2.45, 2.75) is 24.4 Å². The lowest BCUT2D eigenvalue weighted by Gasteiger charge is -2.19. The number of nitriles is 1. The van der Waals surface area contributed by atoms with E-state index in [0.29, 0.717) is 33.1 Å². The lowest BCUT2D eigenvalue weighted by molar-refractivity contribution is -0.160. The third kappa shape index (κ3) is 3.06. The highest BCUT2D eigenvalue weighted by Crippen LogP contribution is 2.58. The van der Waals surface area contributed by atoms with Crippen molar-refractivity contribution in [2.75, 3.05) is 5.32 Å². The first-order valence-corrected chi connectivity index (χ1v) is 8.51. The number of hydrogen-bond acceptors (Lipinski definition) is 4. The molecule has 0 radical (unpaired) electrons. The van der Waals surface area contributed by atoms with Crippen LogP contribution in [0.4, 0.5) is 24.8 Å². The summed E-state index contributed by atoms with van der Waals surface area (Å²) in [7, 11) is 0. The molecule has 4 rings (SSSR count). The Hall–Kier alpha value is -2.85. The first-order valence-electron chi connectivity index (χ1n) is 8.13. The summed E-state index contributed by atoms with van der Waals surface area (Å²) in [4.78, 5) is 8.49. The van der Waals surface area contributed by atoms with E-state index in [-0.39, 0.29) is 18.4 Å². The minimum Gasteiger partial charge on any atom is -0.325 e. The second-order valence-corrected chi connectivity index (χ2v) is 6.88. The fourth-order valence-electron chi connectivity index (χ4n) is 3.07. The summed E-state index contributed by atoms with van der Waals surface area (Å²) in [5.74, 6) is 0.833. The standard InChI is InChI=1S/C19H12ClF3N4/c20-14-8-11(9-24)7-12-1-3-16(27-17(12)14)26-15-4-2-13(10-25-15)18(5-6-18)19(21,22)23/h1-4,7-8,10H,5-6H2,(H,25,26,27). The zero-order valence-electron chi connectivity index (χ0n) is 13.8. The van der Waals surface area contributed by atoms with Gasteiger partial charge in [0.25, 0.3) is 0 Å². The SMILES string of the molecule is N#Cc1cc(Cl)c2nc(Nc3ccc(C4(C(F)(F)F)CC4)cn3)ccc2c1. The third-order valence-electron chi connectivity index (χ3n) is 4.74. The van der Waals surface area contributed by atoms with Crippen LogP contribution in [-0.2, 0) is 5.41 Å². The van der Waals surface area contributed by atoms with E-state index in [1.165, 1.54) is 24.4 Å². The molecule has 2 heterocycles. The quantitative estimate of drug-likeness (QED) is 0.644. The second-order valence-electron chi connectivity index (χ2n) is 6.48. The topological polar surface area (TPSA) is 61.6 Å². The second kappa shape index (κ2) is 6.10. The van der Waals surface area contributed by atoms with Gasteiger partial charge in [0, 0.05) is 11.6 Å². The Balaban J connectivity index is 1.60. The summed E-state index contributed by atoms with van der Waals surface area (Å²) >= 11 is 6.17. The maximum absolute atomic E-state index is 13.2. The fraction of sp³-hybridized carbons (Fsp3) is 0.211. The third-order valence-corrected chi connectivity index (χ3v) is 5.03. The van der Waals surface area contributed by atoms with E-state index < -0.39 is 11.6 Å². The number of rotatable bonds is 3. The van der Waals surface area contributed by atoms with E-state index in [1.807, 2.05) is 6.07 Å². The molecular formula is C19H12ClF3N4. The zero-order valence-corrected chi connectivity index (χ0v) is 14.6. The monoisotopic (exact) mass is 388 g/mol. The molecule has 0 aliphatic heterocycles. The number of anilines is 2. The molecule has 1 aliphatic rings. The lowest BCUT2D eigenvalue weighted by atomic mass is 9.97. The van der Waals surface area contributed by atoms with E-state index in [9.17, 15) is 13.2 Å². The molecule has 1 saturated carbocycles. The van der Waals surface area contributed by atoms with Crippen molar-refractivity contribution in [3.8, 4) is 6.07 Å². The smallest absolute Gasteiger partial charge is 0.325 e. The van der Waals surface area contributed by atoms with Crippen LogP contribution in [0.5, 0.6) is 0 Å². The summed E-state index contributed by atoms with van der Waals surface area (Å²) in [5, 5.41) is 13.0. The Morgan fingerprint density at radius 2 is 1.85 bits per heavy atom. The van der Waals surface area contributed by atoms with Gasteiger partial charge in [-0.15, -0.1) is 0 Å². The van der Waals surface area contributed by atoms with Gasteiger partial charge in [0.2, 0.25) is 0 Å². The molecule has 136 valence electrons. The molecule has 4 nitrogen and oxygen atoms in total. The molecule has 1 fully saturated rings. The molecule has 0 atom stereocenters. The van der Waals surface area contributed by atoms with E-state index in [4.69, 9.17) is 16.9 Å². The van der Waals surface area contributed by atoms with Crippen molar-refractivity contribution in [2.24, 2.45) is 0 Å². The molecule has 8 heteroatoms. The van der Waals surface area contributed by atoms with Gasteiger partial charge in [-0.3, -0.25) is 0 Å². The van der Waals surface area contributed by atoms with Crippen LogP contribution in [0.3, 0.4) is 0 Å². The lowest BCUT2D eigenvalue weighted by Crippen LogP contribution is -2.28. The predicted octanol–water partition coefficient (Wildman–Crippen LogP) is 5.49. The molecule has 1 aliphatic carbocycles. The van der Waals surface area contributed by atoms with Gasteiger partial charge in [0.1, 0.15) is 11.6 Å². The highest BCUT2D eigenvalue weighted by atomic mass is 35.5. The fourth-order valence-corrected chi connectivity index (χ4v) is 3.34. The van der Waals surface area contributed by atoms with Crippen molar-refractivity contribution in [3.05, 3.63) is 58.7 Å². The van der Waals surface area contributed by atoms with Crippen molar-refractivity contribution >= 4 is 34.1 Å². The van der Waals surface area contributed by atoms with Crippen LogP contribution in [0.25, 0.3) is 10.9 Å². The number of nitrogens with zero attached hydrogens (tertiary/aromatic N) is 3. The molecule has 0 unspecified atom stereocenters. The number of pyridine rings is 2. The van der Waals surface area contributed by atoms with Crippen molar-refractivity contribution < 1.29 is 13.2 Å². The summed E-state index contributed by atoms with van der Waals surface area (Å²) in [6, 6.07) is 11.6. The van der Waals surface area contributed by atoms with Gasteiger partial charge in [0.05, 0.1) is 27.6 Å². The Bertz CT molecular complexity index is 1070.